The number of nitrogens with zero attached hydrogens (tertiary/aromatic N) is 1. The van der Waals surface area contributed by atoms with Gasteiger partial charge in [-0.05, 0) is 24.1 Å². The van der Waals surface area contributed by atoms with Gasteiger partial charge in [0.2, 0.25) is 11.8 Å². The van der Waals surface area contributed by atoms with Crippen LogP contribution in [0, 0.1) is 11.8 Å². The molecule has 0 saturated carbocycles. The van der Waals surface area contributed by atoms with Crippen LogP contribution in [0.5, 0.6) is 11.5 Å². The van der Waals surface area contributed by atoms with Gasteiger partial charge >= 0.3 is 11.9 Å². The van der Waals surface area contributed by atoms with E-state index in [1.807, 2.05) is 6.92 Å². The monoisotopic (exact) mass is 420 g/mol. The molecule has 10 nitrogen and oxygen atoms in total. The van der Waals surface area contributed by atoms with Crippen LogP contribution in [-0.2, 0) is 19.2 Å². The van der Waals surface area contributed by atoms with Crippen LogP contribution in [0.15, 0.2) is 18.2 Å². The summed E-state index contributed by atoms with van der Waals surface area (Å²) in [6, 6.07) is 3.31. The van der Waals surface area contributed by atoms with Crippen molar-refractivity contribution in [3.8, 4) is 11.5 Å². The van der Waals surface area contributed by atoms with Gasteiger partial charge in [0, 0.05) is 12.6 Å². The van der Waals surface area contributed by atoms with E-state index in [0.717, 1.165) is 11.3 Å². The van der Waals surface area contributed by atoms with Crippen molar-refractivity contribution in [1.29, 1.82) is 0 Å². The summed E-state index contributed by atoms with van der Waals surface area (Å²) in [4.78, 5) is 51.1. The zero-order valence-electron chi connectivity index (χ0n) is 16.6. The fourth-order valence-corrected chi connectivity index (χ4v) is 4.45. The molecule has 0 bridgehead atoms. The normalized spacial score (nSPS) is 27.9. The molecule has 4 unspecified atom stereocenters. The number of aliphatic carboxylic acids is 2. The molecule has 2 fully saturated rings. The third kappa shape index (κ3) is 3.26. The van der Waals surface area contributed by atoms with Gasteiger partial charge < -0.3 is 20.1 Å². The van der Waals surface area contributed by atoms with Gasteiger partial charge in [-0.3, -0.25) is 29.4 Å². The predicted molar refractivity (Wildman–Crippen MR) is 102 cm³/mol. The molecule has 10 heteroatoms. The molecule has 4 N–H and O–H groups in total. The van der Waals surface area contributed by atoms with E-state index in [4.69, 9.17) is 4.74 Å². The number of phenols is 1. The summed E-state index contributed by atoms with van der Waals surface area (Å²) in [5, 5.41) is 32.0. The average molecular weight is 420 g/mol. The Bertz CT molecular complexity index is 901. The number of fused-ring (bicyclic) bond motifs is 1. The second kappa shape index (κ2) is 7.94. The van der Waals surface area contributed by atoms with Gasteiger partial charge in [0.25, 0.3) is 0 Å². The van der Waals surface area contributed by atoms with E-state index in [1.165, 1.54) is 25.3 Å². The number of carbonyl (C=O) groups excluding carboxylic acids is 2. The number of imide groups is 1. The van der Waals surface area contributed by atoms with E-state index < -0.39 is 53.6 Å². The number of carboxylic acid groups (broad SMARTS) is 2. The second-order valence-corrected chi connectivity index (χ2v) is 7.59. The first-order valence-electron chi connectivity index (χ1n) is 9.63. The number of hydrogen-bond acceptors (Lipinski definition) is 7. The molecule has 0 aromatic heterocycles. The molecule has 1 aromatic rings. The number of nitrogens with one attached hydrogen (secondary N) is 1. The number of carbonyl (C=O) groups is 4. The van der Waals surface area contributed by atoms with Crippen LogP contribution < -0.4 is 10.1 Å². The van der Waals surface area contributed by atoms with E-state index in [1.54, 1.807) is 0 Å². The molecule has 0 aliphatic carbocycles. The molecule has 162 valence electrons. The summed E-state index contributed by atoms with van der Waals surface area (Å²) in [5.74, 6) is -6.61. The Morgan fingerprint density at radius 3 is 2.50 bits per heavy atom. The molecular weight excluding hydrogens is 396 g/mol. The van der Waals surface area contributed by atoms with E-state index >= 15 is 0 Å². The largest absolute Gasteiger partial charge is 0.504 e. The minimum atomic E-state index is -2.14. The number of phenolic OH excluding ortho intramolecular Hbond substituents is 1. The highest BCUT2D eigenvalue weighted by Crippen LogP contribution is 2.50. The summed E-state index contributed by atoms with van der Waals surface area (Å²) in [6.07, 6.45) is 0.416. The number of hydrogen-bond donors (Lipinski definition) is 4. The zero-order valence-corrected chi connectivity index (χ0v) is 16.6. The maximum atomic E-state index is 13.1. The molecule has 2 saturated heterocycles. The predicted octanol–water partition coefficient (Wildman–Crippen LogP) is 0.744. The fraction of sp³-hybridized carbons (Fsp3) is 0.500. The van der Waals surface area contributed by atoms with Crippen molar-refractivity contribution in [2.24, 2.45) is 11.8 Å². The third-order valence-corrected chi connectivity index (χ3v) is 5.86. The lowest BCUT2D eigenvalue weighted by molar-refractivity contribution is -0.156. The first-order valence-corrected chi connectivity index (χ1v) is 9.63. The van der Waals surface area contributed by atoms with E-state index in [9.17, 15) is 34.5 Å². The molecule has 2 aliphatic heterocycles. The number of aromatic hydroxyl groups is 1. The average Bonchev–Trinajstić information content (AvgIpc) is 3.15. The molecule has 1 aromatic carbocycles. The van der Waals surface area contributed by atoms with Gasteiger partial charge in [-0.25, -0.2) is 0 Å². The van der Waals surface area contributed by atoms with Crippen LogP contribution in [0.4, 0.5) is 0 Å². The fourth-order valence-electron chi connectivity index (χ4n) is 4.45. The van der Waals surface area contributed by atoms with Crippen LogP contribution in [0.2, 0.25) is 0 Å². The molecule has 2 heterocycles. The van der Waals surface area contributed by atoms with Crippen molar-refractivity contribution in [2.75, 3.05) is 13.7 Å². The molecule has 2 amide bonds. The van der Waals surface area contributed by atoms with Gasteiger partial charge in [0.1, 0.15) is 5.54 Å². The Kier molecular flexibility index (Phi) is 5.71. The van der Waals surface area contributed by atoms with Gasteiger partial charge in [0.05, 0.1) is 25.4 Å². The Labute approximate surface area is 172 Å². The van der Waals surface area contributed by atoms with Gasteiger partial charge in [-0.1, -0.05) is 19.4 Å². The molecule has 2 aliphatic rings. The third-order valence-electron chi connectivity index (χ3n) is 5.86. The molecule has 3 rings (SSSR count). The number of ether oxygens (including phenoxy) is 1. The number of amides is 2. The molecule has 0 spiro atoms. The number of carboxylic acids is 2. The van der Waals surface area contributed by atoms with Crippen LogP contribution in [-0.4, -0.2) is 63.2 Å². The highest BCUT2D eigenvalue weighted by atomic mass is 16.5. The lowest BCUT2D eigenvalue weighted by Gasteiger charge is -2.29. The SMILES string of the molecule is CCCCN1C(=O)C2C(c3ccc(O)c(OC)c3)NC(CC(=O)O)(C(=O)O)C2C1=O. The summed E-state index contributed by atoms with van der Waals surface area (Å²) < 4.78 is 5.09. The number of likely N-dealkylation sites (tertiary alicyclic amines) is 1. The standard InChI is InChI=1S/C20H24N2O8/c1-3-4-7-22-17(26)14-15(18(22)27)20(19(28)29,9-13(24)25)21-16(14)10-5-6-11(23)12(8-10)30-2/h5-6,8,14-16,21,23H,3-4,7,9H2,1-2H3,(H,24,25)(H,28,29). The Hall–Kier alpha value is -3.14. The lowest BCUT2D eigenvalue weighted by Crippen LogP contribution is -2.57. The zero-order chi connectivity index (χ0) is 22.2. The van der Waals surface area contributed by atoms with Crippen LogP contribution in [0.25, 0.3) is 0 Å². The number of benzene rings is 1. The van der Waals surface area contributed by atoms with Crippen molar-refractivity contribution < 1.29 is 39.2 Å². The van der Waals surface area contributed by atoms with Gasteiger partial charge in [-0.2, -0.15) is 0 Å². The maximum Gasteiger partial charge on any atom is 0.325 e. The number of unbranched alkanes of at least 4 members (excludes halogenated alkanes) is 1. The topological polar surface area (TPSA) is 153 Å². The summed E-state index contributed by atoms with van der Waals surface area (Å²) in [6.45, 7) is 2.04. The van der Waals surface area contributed by atoms with Crippen molar-refractivity contribution >= 4 is 23.8 Å². The number of rotatable bonds is 8. The van der Waals surface area contributed by atoms with Crippen LogP contribution in [0.1, 0.15) is 37.8 Å². The van der Waals surface area contributed by atoms with Crippen molar-refractivity contribution in [1.82, 2.24) is 10.2 Å². The van der Waals surface area contributed by atoms with Crippen LogP contribution >= 0.6 is 0 Å². The Morgan fingerprint density at radius 1 is 1.23 bits per heavy atom. The van der Waals surface area contributed by atoms with E-state index in [0.29, 0.717) is 12.0 Å². The summed E-state index contributed by atoms with van der Waals surface area (Å²) in [7, 11) is 1.34. The van der Waals surface area contributed by atoms with Crippen LogP contribution in [0.3, 0.4) is 0 Å². The first kappa shape index (κ1) is 21.6. The van der Waals surface area contributed by atoms with Crippen molar-refractivity contribution in [3.05, 3.63) is 23.8 Å². The first-order chi connectivity index (χ1) is 14.2. The molecule has 30 heavy (non-hydrogen) atoms. The van der Waals surface area contributed by atoms with Crippen molar-refractivity contribution in [3.63, 3.8) is 0 Å². The van der Waals surface area contributed by atoms with E-state index in [-0.39, 0.29) is 18.0 Å². The summed E-state index contributed by atoms with van der Waals surface area (Å²) in [5.41, 5.74) is -1.73. The lowest BCUT2D eigenvalue weighted by atomic mass is 9.77. The minimum Gasteiger partial charge on any atom is -0.504 e. The molecule has 0 radical (unpaired) electrons. The summed E-state index contributed by atoms with van der Waals surface area (Å²) >= 11 is 0. The Balaban J connectivity index is 2.13. The molecule has 4 atom stereocenters. The maximum absolute atomic E-state index is 13.1. The quantitative estimate of drug-likeness (QED) is 0.446. The molecular formula is C20H24N2O8. The van der Waals surface area contributed by atoms with E-state index in [2.05, 4.69) is 5.32 Å². The second-order valence-electron chi connectivity index (χ2n) is 7.59. The van der Waals surface area contributed by atoms with Gasteiger partial charge in [0.15, 0.2) is 11.5 Å². The Morgan fingerprint density at radius 2 is 1.93 bits per heavy atom. The number of methoxy groups -OCH3 is 1. The highest BCUT2D eigenvalue weighted by molar-refractivity contribution is 6.10. The van der Waals surface area contributed by atoms with Gasteiger partial charge in [-0.15, -0.1) is 0 Å². The van der Waals surface area contributed by atoms with Crippen molar-refractivity contribution in [2.45, 2.75) is 37.8 Å². The smallest absolute Gasteiger partial charge is 0.325 e. The minimum absolute atomic E-state index is 0.108. The highest BCUT2D eigenvalue weighted by Gasteiger charge is 2.68.